The first-order valence-electron chi connectivity index (χ1n) is 8.70. The van der Waals surface area contributed by atoms with Crippen molar-refractivity contribution in [3.8, 4) is 0 Å². The van der Waals surface area contributed by atoms with Crippen molar-refractivity contribution in [1.29, 1.82) is 0 Å². The molecule has 2 saturated heterocycles. The highest BCUT2D eigenvalue weighted by atomic mass is 35.5. The Morgan fingerprint density at radius 2 is 1.60 bits per heavy atom. The van der Waals surface area contributed by atoms with Gasteiger partial charge in [-0.2, -0.15) is 0 Å². The van der Waals surface area contributed by atoms with E-state index in [4.69, 9.17) is 22.1 Å². The summed E-state index contributed by atoms with van der Waals surface area (Å²) < 4.78 is 5.32. The molecule has 2 amide bonds. The summed E-state index contributed by atoms with van der Waals surface area (Å²) in [5.74, 6) is -0.0453. The third-order valence-electron chi connectivity index (χ3n) is 4.97. The van der Waals surface area contributed by atoms with E-state index in [0.29, 0.717) is 62.8 Å². The number of carbonyl (C=O) groups is 2. The summed E-state index contributed by atoms with van der Waals surface area (Å²) in [5, 5.41) is 0.605. The van der Waals surface area contributed by atoms with Crippen LogP contribution in [-0.4, -0.2) is 66.5 Å². The molecule has 6 nitrogen and oxygen atoms in total. The first-order chi connectivity index (χ1) is 12.0. The number of amides is 2. The lowest BCUT2D eigenvalue weighted by molar-refractivity contribution is -0.140. The van der Waals surface area contributed by atoms with Gasteiger partial charge in [0.2, 0.25) is 5.91 Å². The van der Waals surface area contributed by atoms with Crippen LogP contribution < -0.4 is 5.73 Å². The molecule has 3 rings (SSSR count). The highest BCUT2D eigenvalue weighted by Crippen LogP contribution is 2.22. The Bertz CT molecular complexity index is 629. The van der Waals surface area contributed by atoms with Crippen molar-refractivity contribution in [1.82, 2.24) is 9.80 Å². The number of rotatable bonds is 2. The largest absolute Gasteiger partial charge is 0.381 e. The molecular weight excluding hydrogens is 342 g/mol. The summed E-state index contributed by atoms with van der Waals surface area (Å²) in [5.41, 5.74) is 6.11. The Labute approximate surface area is 152 Å². The number of nitrogens with two attached hydrogens (primary N) is 1. The second-order valence-electron chi connectivity index (χ2n) is 6.71. The molecule has 1 aromatic rings. The molecule has 2 aliphatic heterocycles. The monoisotopic (exact) mass is 365 g/mol. The van der Waals surface area contributed by atoms with E-state index in [1.165, 1.54) is 0 Å². The molecule has 1 aromatic carbocycles. The summed E-state index contributed by atoms with van der Waals surface area (Å²) >= 11 is 5.88. The van der Waals surface area contributed by atoms with Gasteiger partial charge in [-0.3, -0.25) is 9.59 Å². The van der Waals surface area contributed by atoms with Crippen molar-refractivity contribution in [2.45, 2.75) is 24.8 Å². The Balaban J connectivity index is 1.63. The van der Waals surface area contributed by atoms with Crippen molar-refractivity contribution in [2.75, 3.05) is 39.4 Å². The lowest BCUT2D eigenvalue weighted by Gasteiger charge is -2.36. The normalized spacial score (nSPS) is 20.9. The van der Waals surface area contributed by atoms with Crippen LogP contribution in [0.15, 0.2) is 24.3 Å². The maximum Gasteiger partial charge on any atom is 0.253 e. The molecule has 0 saturated carbocycles. The fourth-order valence-corrected chi connectivity index (χ4v) is 3.49. The van der Waals surface area contributed by atoms with Gasteiger partial charge in [0, 0.05) is 50.0 Å². The SMILES string of the molecule is NC1(C(=O)N2CCCN(C(=O)c3ccc(Cl)cc3)CC2)CCOCC1. The van der Waals surface area contributed by atoms with Crippen LogP contribution in [0.2, 0.25) is 5.02 Å². The van der Waals surface area contributed by atoms with Gasteiger partial charge in [0.15, 0.2) is 0 Å². The maximum atomic E-state index is 12.8. The van der Waals surface area contributed by atoms with Gasteiger partial charge in [0.05, 0.1) is 5.54 Å². The third-order valence-corrected chi connectivity index (χ3v) is 5.22. The van der Waals surface area contributed by atoms with Gasteiger partial charge in [-0.25, -0.2) is 0 Å². The van der Waals surface area contributed by atoms with Gasteiger partial charge in [0.1, 0.15) is 0 Å². The first kappa shape index (κ1) is 18.2. The molecule has 7 heteroatoms. The van der Waals surface area contributed by atoms with Gasteiger partial charge in [-0.1, -0.05) is 11.6 Å². The minimum absolute atomic E-state index is 0.0170. The summed E-state index contributed by atoms with van der Waals surface area (Å²) in [6.45, 7) is 3.33. The van der Waals surface area contributed by atoms with Crippen molar-refractivity contribution >= 4 is 23.4 Å². The van der Waals surface area contributed by atoms with Crippen LogP contribution in [0.5, 0.6) is 0 Å². The zero-order chi connectivity index (χ0) is 17.9. The van der Waals surface area contributed by atoms with Gasteiger partial charge >= 0.3 is 0 Å². The summed E-state index contributed by atoms with van der Waals surface area (Å²) in [4.78, 5) is 29.1. The molecule has 0 aliphatic carbocycles. The van der Waals surface area contributed by atoms with Gasteiger partial charge in [0.25, 0.3) is 5.91 Å². The molecule has 2 heterocycles. The number of halogens is 1. The first-order valence-corrected chi connectivity index (χ1v) is 9.08. The van der Waals surface area contributed by atoms with Crippen LogP contribution >= 0.6 is 11.6 Å². The van der Waals surface area contributed by atoms with E-state index in [1.807, 2.05) is 0 Å². The molecule has 0 spiro atoms. The smallest absolute Gasteiger partial charge is 0.253 e. The number of nitrogens with zero attached hydrogens (tertiary/aromatic N) is 2. The Morgan fingerprint density at radius 1 is 1.00 bits per heavy atom. The highest BCUT2D eigenvalue weighted by Gasteiger charge is 2.39. The second-order valence-corrected chi connectivity index (χ2v) is 7.15. The zero-order valence-electron chi connectivity index (χ0n) is 14.2. The van der Waals surface area contributed by atoms with E-state index in [-0.39, 0.29) is 11.8 Å². The Kier molecular flexibility index (Phi) is 5.61. The molecule has 2 aliphatic rings. The topological polar surface area (TPSA) is 75.9 Å². The minimum atomic E-state index is -0.826. The Hall–Kier alpha value is -1.63. The highest BCUT2D eigenvalue weighted by molar-refractivity contribution is 6.30. The van der Waals surface area contributed by atoms with Crippen LogP contribution in [0.3, 0.4) is 0 Å². The average Bonchev–Trinajstić information content (AvgIpc) is 2.88. The van der Waals surface area contributed by atoms with Crippen molar-refractivity contribution < 1.29 is 14.3 Å². The van der Waals surface area contributed by atoms with E-state index >= 15 is 0 Å². The average molecular weight is 366 g/mol. The summed E-state index contributed by atoms with van der Waals surface area (Å²) in [6.07, 6.45) is 1.85. The predicted molar refractivity (Wildman–Crippen MR) is 95.5 cm³/mol. The second kappa shape index (κ2) is 7.72. The zero-order valence-corrected chi connectivity index (χ0v) is 15.0. The van der Waals surface area contributed by atoms with Crippen molar-refractivity contribution in [3.63, 3.8) is 0 Å². The molecule has 2 fully saturated rings. The van der Waals surface area contributed by atoms with Crippen molar-refractivity contribution in [2.24, 2.45) is 5.73 Å². The molecule has 25 heavy (non-hydrogen) atoms. The molecule has 2 N–H and O–H groups in total. The summed E-state index contributed by atoms with van der Waals surface area (Å²) in [7, 11) is 0. The van der Waals surface area contributed by atoms with Crippen molar-refractivity contribution in [3.05, 3.63) is 34.9 Å². The van der Waals surface area contributed by atoms with Crippen LogP contribution in [-0.2, 0) is 9.53 Å². The Morgan fingerprint density at radius 3 is 2.28 bits per heavy atom. The molecule has 0 atom stereocenters. The number of carbonyl (C=O) groups excluding carboxylic acids is 2. The van der Waals surface area contributed by atoms with Crippen LogP contribution in [0, 0.1) is 0 Å². The van der Waals surface area contributed by atoms with E-state index in [9.17, 15) is 9.59 Å². The van der Waals surface area contributed by atoms with Gasteiger partial charge < -0.3 is 20.3 Å². The quantitative estimate of drug-likeness (QED) is 0.862. The number of hydrogen-bond donors (Lipinski definition) is 1. The number of hydrogen-bond acceptors (Lipinski definition) is 4. The molecule has 0 unspecified atom stereocenters. The third kappa shape index (κ3) is 4.14. The molecular formula is C18H24ClN3O3. The van der Waals surface area contributed by atoms with E-state index in [2.05, 4.69) is 0 Å². The molecule has 0 aromatic heterocycles. The standard InChI is InChI=1S/C18H24ClN3O3/c19-15-4-2-14(3-5-15)16(23)21-8-1-9-22(11-10-21)17(24)18(20)6-12-25-13-7-18/h2-5H,1,6-13,20H2. The minimum Gasteiger partial charge on any atom is -0.381 e. The van der Waals surface area contributed by atoms with E-state index in [0.717, 1.165) is 6.42 Å². The molecule has 136 valence electrons. The van der Waals surface area contributed by atoms with E-state index < -0.39 is 5.54 Å². The number of benzene rings is 1. The maximum absolute atomic E-state index is 12.8. The lowest BCUT2D eigenvalue weighted by atomic mass is 9.89. The van der Waals surface area contributed by atoms with Gasteiger partial charge in [-0.05, 0) is 43.5 Å². The predicted octanol–water partition coefficient (Wildman–Crippen LogP) is 1.52. The molecule has 0 radical (unpaired) electrons. The number of ether oxygens (including phenoxy) is 1. The molecule has 0 bridgehead atoms. The summed E-state index contributed by atoms with van der Waals surface area (Å²) in [6, 6.07) is 6.89. The fraction of sp³-hybridized carbons (Fsp3) is 0.556. The van der Waals surface area contributed by atoms with E-state index in [1.54, 1.807) is 34.1 Å². The lowest BCUT2D eigenvalue weighted by Crippen LogP contribution is -2.58. The van der Waals surface area contributed by atoms with Gasteiger partial charge in [-0.15, -0.1) is 0 Å². The van der Waals surface area contributed by atoms with Crippen LogP contribution in [0.25, 0.3) is 0 Å². The van der Waals surface area contributed by atoms with Crippen LogP contribution in [0.4, 0.5) is 0 Å². The fourth-order valence-electron chi connectivity index (χ4n) is 3.36. The van der Waals surface area contributed by atoms with Crippen LogP contribution in [0.1, 0.15) is 29.6 Å².